The van der Waals surface area contributed by atoms with Crippen molar-refractivity contribution in [1.29, 1.82) is 0 Å². The fraction of sp³-hybridized carbons (Fsp3) is 0.286. The summed E-state index contributed by atoms with van der Waals surface area (Å²) in [5.41, 5.74) is 3.20. The van der Waals surface area contributed by atoms with E-state index >= 15 is 0 Å². The molecule has 148 valence electrons. The molecule has 0 aliphatic carbocycles. The lowest BCUT2D eigenvalue weighted by molar-refractivity contribution is 0.390. The number of hydrogen-bond acceptors (Lipinski definition) is 5. The maximum absolute atomic E-state index is 12.9. The second-order valence-corrected chi connectivity index (χ2v) is 8.37. The normalized spacial score (nSPS) is 11.7. The van der Waals surface area contributed by atoms with Crippen LogP contribution in [0.1, 0.15) is 25.2 Å². The minimum atomic E-state index is -3.51. The van der Waals surface area contributed by atoms with Crippen LogP contribution in [0, 0.1) is 6.92 Å². The van der Waals surface area contributed by atoms with Gasteiger partial charge in [-0.1, -0.05) is 55.4 Å². The summed E-state index contributed by atoms with van der Waals surface area (Å²) in [4.78, 5) is 0.323. The lowest BCUT2D eigenvalue weighted by Crippen LogP contribution is -2.31. The van der Waals surface area contributed by atoms with E-state index in [-0.39, 0.29) is 0 Å². The Morgan fingerprint density at radius 1 is 1.04 bits per heavy atom. The van der Waals surface area contributed by atoms with Crippen molar-refractivity contribution in [2.45, 2.75) is 32.2 Å². The summed E-state index contributed by atoms with van der Waals surface area (Å²) in [7, 11) is -3.51. The number of sulfonamides is 1. The van der Waals surface area contributed by atoms with E-state index < -0.39 is 10.0 Å². The van der Waals surface area contributed by atoms with Gasteiger partial charge in [0, 0.05) is 30.4 Å². The first kappa shape index (κ1) is 20.1. The minimum absolute atomic E-state index is 0.323. The molecular formula is C21H25N3O3S. The highest BCUT2D eigenvalue weighted by Gasteiger charge is 2.23. The second kappa shape index (κ2) is 8.58. The summed E-state index contributed by atoms with van der Waals surface area (Å²) < 4.78 is 32.6. The van der Waals surface area contributed by atoms with Crippen LogP contribution in [0.15, 0.2) is 64.0 Å². The average molecular weight is 400 g/mol. The Kier molecular flexibility index (Phi) is 6.16. The first-order valence-electron chi connectivity index (χ1n) is 9.31. The van der Waals surface area contributed by atoms with Crippen LogP contribution in [0.3, 0.4) is 0 Å². The Hall–Kier alpha value is -2.64. The summed E-state index contributed by atoms with van der Waals surface area (Å²) in [6.07, 6.45) is 0. The van der Waals surface area contributed by atoms with Crippen molar-refractivity contribution in [2.24, 2.45) is 0 Å². The molecule has 6 nitrogen and oxygen atoms in total. The van der Waals surface area contributed by atoms with Gasteiger partial charge in [0.15, 0.2) is 5.76 Å². The van der Waals surface area contributed by atoms with Crippen molar-refractivity contribution in [3.05, 3.63) is 65.9 Å². The SMILES string of the molecule is CCN(CC)S(=O)(=O)c1cc(NCc2cc(-c3ccccc3)no2)ccc1C. The number of nitrogens with one attached hydrogen (secondary N) is 1. The topological polar surface area (TPSA) is 75.4 Å². The second-order valence-electron chi connectivity index (χ2n) is 6.47. The zero-order valence-corrected chi connectivity index (χ0v) is 17.2. The highest BCUT2D eigenvalue weighted by Crippen LogP contribution is 2.24. The number of aryl methyl sites for hydroxylation is 1. The Bertz CT molecular complexity index is 1030. The predicted molar refractivity (Wildman–Crippen MR) is 111 cm³/mol. The van der Waals surface area contributed by atoms with Crippen molar-refractivity contribution < 1.29 is 12.9 Å². The van der Waals surface area contributed by atoms with Gasteiger partial charge in [-0.05, 0) is 24.6 Å². The lowest BCUT2D eigenvalue weighted by Gasteiger charge is -2.20. The molecule has 1 heterocycles. The number of aromatic nitrogens is 1. The molecule has 2 aromatic carbocycles. The van der Waals surface area contributed by atoms with Crippen molar-refractivity contribution in [1.82, 2.24) is 9.46 Å². The molecule has 1 N–H and O–H groups in total. The first-order valence-corrected chi connectivity index (χ1v) is 10.8. The zero-order chi connectivity index (χ0) is 20.1. The van der Waals surface area contributed by atoms with E-state index in [1.165, 1.54) is 4.31 Å². The van der Waals surface area contributed by atoms with Crippen LogP contribution in [0.4, 0.5) is 5.69 Å². The Morgan fingerprint density at radius 3 is 2.43 bits per heavy atom. The van der Waals surface area contributed by atoms with Crippen LogP contribution >= 0.6 is 0 Å². The monoisotopic (exact) mass is 399 g/mol. The Morgan fingerprint density at radius 2 is 1.75 bits per heavy atom. The molecule has 3 aromatic rings. The molecule has 0 atom stereocenters. The maximum atomic E-state index is 12.9. The van der Waals surface area contributed by atoms with Crippen molar-refractivity contribution in [2.75, 3.05) is 18.4 Å². The standard InChI is InChI=1S/C21H25N3O3S/c1-4-24(5-2)28(25,26)21-13-18(12-11-16(21)3)22-15-19-14-20(23-27-19)17-9-7-6-8-10-17/h6-14,22H,4-5,15H2,1-3H3. The van der Waals surface area contributed by atoms with Gasteiger partial charge in [-0.2, -0.15) is 4.31 Å². The third-order valence-electron chi connectivity index (χ3n) is 4.61. The third kappa shape index (κ3) is 4.26. The maximum Gasteiger partial charge on any atom is 0.243 e. The van der Waals surface area contributed by atoms with Gasteiger partial charge < -0.3 is 9.84 Å². The number of benzene rings is 2. The number of nitrogens with zero attached hydrogens (tertiary/aromatic N) is 2. The molecule has 1 aromatic heterocycles. The van der Waals surface area contributed by atoms with Crippen LogP contribution in [0.5, 0.6) is 0 Å². The van der Waals surface area contributed by atoms with Gasteiger partial charge in [0.2, 0.25) is 10.0 Å². The number of rotatable bonds is 8. The van der Waals surface area contributed by atoms with E-state index in [4.69, 9.17) is 4.52 Å². The fourth-order valence-corrected chi connectivity index (χ4v) is 4.73. The zero-order valence-electron chi connectivity index (χ0n) is 16.3. The molecule has 0 unspecified atom stereocenters. The van der Waals surface area contributed by atoms with Gasteiger partial charge in [-0.15, -0.1) is 0 Å². The van der Waals surface area contributed by atoms with Gasteiger partial charge in [0.05, 0.1) is 11.4 Å². The minimum Gasteiger partial charge on any atom is -0.378 e. The fourth-order valence-electron chi connectivity index (χ4n) is 3.02. The van der Waals surface area contributed by atoms with Crippen LogP contribution in [-0.4, -0.2) is 31.0 Å². The van der Waals surface area contributed by atoms with Crippen molar-refractivity contribution >= 4 is 15.7 Å². The number of anilines is 1. The summed E-state index contributed by atoms with van der Waals surface area (Å²) in [6, 6.07) is 17.0. The van der Waals surface area contributed by atoms with E-state index in [1.807, 2.05) is 69.3 Å². The van der Waals surface area contributed by atoms with Crippen LogP contribution in [-0.2, 0) is 16.6 Å². The van der Waals surface area contributed by atoms with Crippen LogP contribution < -0.4 is 5.32 Å². The van der Waals surface area contributed by atoms with Crippen LogP contribution in [0.2, 0.25) is 0 Å². The molecule has 3 rings (SSSR count). The summed E-state index contributed by atoms with van der Waals surface area (Å²) in [5, 5.41) is 7.32. The highest BCUT2D eigenvalue weighted by atomic mass is 32.2. The van der Waals surface area contributed by atoms with Crippen molar-refractivity contribution in [3.63, 3.8) is 0 Å². The molecule has 0 amide bonds. The lowest BCUT2D eigenvalue weighted by atomic mass is 10.1. The van der Waals surface area contributed by atoms with Crippen LogP contribution in [0.25, 0.3) is 11.3 Å². The molecule has 0 radical (unpaired) electrons. The van der Waals surface area contributed by atoms with Gasteiger partial charge in [0.1, 0.15) is 5.69 Å². The van der Waals surface area contributed by atoms with Gasteiger partial charge in [-0.3, -0.25) is 0 Å². The average Bonchev–Trinajstić information content (AvgIpc) is 3.18. The molecule has 0 fully saturated rings. The van der Waals surface area contributed by atoms with E-state index in [9.17, 15) is 8.42 Å². The van der Waals surface area contributed by atoms with Gasteiger partial charge in [-0.25, -0.2) is 8.42 Å². The highest BCUT2D eigenvalue weighted by molar-refractivity contribution is 7.89. The third-order valence-corrected chi connectivity index (χ3v) is 6.80. The number of hydrogen-bond donors (Lipinski definition) is 1. The quantitative estimate of drug-likeness (QED) is 0.611. The van der Waals surface area contributed by atoms with Gasteiger partial charge in [0.25, 0.3) is 0 Å². The molecule has 28 heavy (non-hydrogen) atoms. The Balaban J connectivity index is 1.77. The molecule has 0 spiro atoms. The molecule has 0 saturated heterocycles. The first-order chi connectivity index (χ1) is 13.5. The molecule has 0 aliphatic rings. The van der Waals surface area contributed by atoms with E-state index in [2.05, 4.69) is 10.5 Å². The van der Waals surface area contributed by atoms with E-state index in [0.717, 1.165) is 16.8 Å². The van der Waals surface area contributed by atoms with Gasteiger partial charge >= 0.3 is 0 Å². The molecule has 0 bridgehead atoms. The van der Waals surface area contributed by atoms with Crippen molar-refractivity contribution in [3.8, 4) is 11.3 Å². The molecule has 7 heteroatoms. The molecule has 0 aliphatic heterocycles. The Labute approximate surface area is 166 Å². The molecule has 0 saturated carbocycles. The van der Waals surface area contributed by atoms with E-state index in [0.29, 0.717) is 36.0 Å². The smallest absolute Gasteiger partial charge is 0.243 e. The summed E-state index contributed by atoms with van der Waals surface area (Å²) in [5.74, 6) is 0.674. The van der Waals surface area contributed by atoms with E-state index in [1.54, 1.807) is 6.07 Å². The largest absolute Gasteiger partial charge is 0.378 e. The predicted octanol–water partition coefficient (Wildman–Crippen LogP) is 4.29. The summed E-state index contributed by atoms with van der Waals surface area (Å²) >= 11 is 0. The summed E-state index contributed by atoms with van der Waals surface area (Å²) in [6.45, 7) is 6.78. The molecular weight excluding hydrogens is 374 g/mol.